The molecule has 1 atom stereocenters. The number of carbonyl (C=O) groups is 3. The van der Waals surface area contributed by atoms with E-state index in [9.17, 15) is 18.8 Å². The first-order chi connectivity index (χ1) is 14.3. The summed E-state index contributed by atoms with van der Waals surface area (Å²) in [5.41, 5.74) is 0.912. The van der Waals surface area contributed by atoms with Crippen LogP contribution in [0.1, 0.15) is 37.0 Å². The molecule has 2 aromatic carbocycles. The van der Waals surface area contributed by atoms with Crippen molar-refractivity contribution in [3.05, 3.63) is 58.9 Å². The van der Waals surface area contributed by atoms with Crippen molar-refractivity contribution in [3.8, 4) is 0 Å². The van der Waals surface area contributed by atoms with Crippen molar-refractivity contribution in [1.82, 2.24) is 5.32 Å². The quantitative estimate of drug-likeness (QED) is 0.725. The average molecular weight is 432 g/mol. The fraction of sp³-hybridized carbons (Fsp3) is 0.318. The number of carbonyl (C=O) groups excluding carboxylic acids is 3. The summed E-state index contributed by atoms with van der Waals surface area (Å²) in [5.74, 6) is -1.99. The van der Waals surface area contributed by atoms with E-state index in [2.05, 4.69) is 10.6 Å². The van der Waals surface area contributed by atoms with Gasteiger partial charge < -0.3 is 15.5 Å². The summed E-state index contributed by atoms with van der Waals surface area (Å²) < 4.78 is 13.9. The molecule has 30 heavy (non-hydrogen) atoms. The lowest BCUT2D eigenvalue weighted by molar-refractivity contribution is -0.119. The lowest BCUT2D eigenvalue weighted by Gasteiger charge is -2.22. The number of hydrogen-bond acceptors (Lipinski definition) is 3. The first-order valence-corrected chi connectivity index (χ1v) is 10.1. The van der Waals surface area contributed by atoms with Crippen LogP contribution in [-0.4, -0.2) is 30.3 Å². The maximum Gasteiger partial charge on any atom is 0.254 e. The Labute approximate surface area is 179 Å². The minimum absolute atomic E-state index is 0.0180. The Bertz CT molecular complexity index is 980. The highest BCUT2D eigenvalue weighted by Crippen LogP contribution is 2.31. The van der Waals surface area contributed by atoms with E-state index in [1.54, 1.807) is 43.0 Å². The van der Waals surface area contributed by atoms with Crippen molar-refractivity contribution in [2.75, 3.05) is 16.8 Å². The Balaban J connectivity index is 1.72. The molecule has 0 aromatic heterocycles. The van der Waals surface area contributed by atoms with Crippen molar-refractivity contribution in [2.24, 2.45) is 5.92 Å². The molecule has 3 amide bonds. The first-order valence-electron chi connectivity index (χ1n) is 9.74. The van der Waals surface area contributed by atoms with Gasteiger partial charge in [-0.1, -0.05) is 37.6 Å². The summed E-state index contributed by atoms with van der Waals surface area (Å²) >= 11 is 6.33. The van der Waals surface area contributed by atoms with Crippen molar-refractivity contribution in [2.45, 2.75) is 32.7 Å². The van der Waals surface area contributed by atoms with Gasteiger partial charge in [-0.25, -0.2) is 4.39 Å². The van der Waals surface area contributed by atoms with Crippen molar-refractivity contribution < 1.29 is 18.8 Å². The van der Waals surface area contributed by atoms with Crippen molar-refractivity contribution >= 4 is 40.7 Å². The zero-order chi connectivity index (χ0) is 21.8. The van der Waals surface area contributed by atoms with Crippen LogP contribution in [0.4, 0.5) is 15.8 Å². The number of amides is 3. The Morgan fingerprint density at radius 2 is 1.90 bits per heavy atom. The Hall–Kier alpha value is -2.93. The van der Waals surface area contributed by atoms with Crippen molar-refractivity contribution in [1.29, 1.82) is 0 Å². The monoisotopic (exact) mass is 431 g/mol. The van der Waals surface area contributed by atoms with Crippen LogP contribution in [0, 0.1) is 11.7 Å². The molecule has 0 radical (unpaired) electrons. The van der Waals surface area contributed by atoms with Gasteiger partial charge in [-0.2, -0.15) is 0 Å². The normalized spacial score (nSPS) is 14.7. The third-order valence-electron chi connectivity index (χ3n) is 4.93. The summed E-state index contributed by atoms with van der Waals surface area (Å²) in [7, 11) is 0. The largest absolute Gasteiger partial charge is 0.340 e. The molecule has 0 spiro atoms. The molecule has 6 nitrogen and oxygen atoms in total. The highest BCUT2D eigenvalue weighted by atomic mass is 35.5. The van der Waals surface area contributed by atoms with E-state index in [0.29, 0.717) is 29.4 Å². The van der Waals surface area contributed by atoms with Gasteiger partial charge in [0, 0.05) is 18.7 Å². The van der Waals surface area contributed by atoms with Crippen molar-refractivity contribution in [3.63, 3.8) is 0 Å². The predicted octanol–water partition coefficient (Wildman–Crippen LogP) is 4.00. The number of nitrogens with one attached hydrogen (secondary N) is 2. The van der Waals surface area contributed by atoms with Crippen LogP contribution in [0.25, 0.3) is 0 Å². The molecule has 0 unspecified atom stereocenters. The zero-order valence-electron chi connectivity index (χ0n) is 16.7. The number of anilines is 2. The van der Waals surface area contributed by atoms with Crippen LogP contribution in [-0.2, 0) is 9.59 Å². The number of hydrogen-bond donors (Lipinski definition) is 2. The third kappa shape index (κ3) is 4.79. The standard InChI is InChI=1S/C22H23ClFN3O3/c1-13(2)20(26-21(29)15-6-3-4-7-17(15)24)22(30)25-14-9-10-18(16(23)12-14)27-11-5-8-19(27)28/h3-4,6-7,9-10,12-13,20H,5,8,11H2,1-2H3,(H,25,30)(H,26,29)/t20-/m1/s1. The lowest BCUT2D eigenvalue weighted by Crippen LogP contribution is -2.47. The van der Waals surface area contributed by atoms with Gasteiger partial charge in [0.15, 0.2) is 0 Å². The van der Waals surface area contributed by atoms with Crippen LogP contribution < -0.4 is 15.5 Å². The maximum absolute atomic E-state index is 13.9. The summed E-state index contributed by atoms with van der Waals surface area (Å²) in [6.07, 6.45) is 1.28. The zero-order valence-corrected chi connectivity index (χ0v) is 17.5. The Morgan fingerprint density at radius 3 is 2.50 bits per heavy atom. The molecule has 1 heterocycles. The van der Waals surface area contributed by atoms with Crippen LogP contribution in [0.5, 0.6) is 0 Å². The molecule has 1 aliphatic rings. The Kier molecular flexibility index (Phi) is 6.72. The molecule has 158 valence electrons. The van der Waals surface area contributed by atoms with Crippen LogP contribution >= 0.6 is 11.6 Å². The fourth-order valence-electron chi connectivity index (χ4n) is 3.33. The molecular formula is C22H23ClFN3O3. The summed E-state index contributed by atoms with van der Waals surface area (Å²) in [4.78, 5) is 38.8. The molecule has 0 aliphatic carbocycles. The molecule has 2 N–H and O–H groups in total. The van der Waals surface area contributed by atoms with Gasteiger partial charge in [0.2, 0.25) is 11.8 Å². The van der Waals surface area contributed by atoms with Crippen LogP contribution in [0.2, 0.25) is 5.02 Å². The Morgan fingerprint density at radius 1 is 1.17 bits per heavy atom. The number of rotatable bonds is 6. The van der Waals surface area contributed by atoms with E-state index in [0.717, 1.165) is 6.42 Å². The minimum atomic E-state index is -0.879. The van der Waals surface area contributed by atoms with Gasteiger partial charge in [0.05, 0.1) is 16.3 Å². The molecule has 3 rings (SSSR count). The van der Waals surface area contributed by atoms with Gasteiger partial charge in [-0.15, -0.1) is 0 Å². The highest BCUT2D eigenvalue weighted by molar-refractivity contribution is 6.34. The maximum atomic E-state index is 13.9. The smallest absolute Gasteiger partial charge is 0.254 e. The van der Waals surface area contributed by atoms with E-state index >= 15 is 0 Å². The van der Waals surface area contributed by atoms with E-state index < -0.39 is 23.7 Å². The van der Waals surface area contributed by atoms with Crippen LogP contribution in [0.15, 0.2) is 42.5 Å². The molecule has 0 saturated carbocycles. The molecule has 1 aliphatic heterocycles. The first kappa shape index (κ1) is 21.8. The second kappa shape index (κ2) is 9.26. The molecule has 1 saturated heterocycles. The van der Waals surface area contributed by atoms with Crippen LogP contribution in [0.3, 0.4) is 0 Å². The summed E-state index contributed by atoms with van der Waals surface area (Å²) in [6, 6.07) is 9.61. The molecule has 2 aromatic rings. The molecule has 0 bridgehead atoms. The predicted molar refractivity (Wildman–Crippen MR) is 114 cm³/mol. The van der Waals surface area contributed by atoms with E-state index in [1.165, 1.54) is 18.2 Å². The molecular weight excluding hydrogens is 409 g/mol. The lowest BCUT2D eigenvalue weighted by atomic mass is 10.0. The average Bonchev–Trinajstić information content (AvgIpc) is 3.11. The molecule has 8 heteroatoms. The minimum Gasteiger partial charge on any atom is -0.340 e. The van der Waals surface area contributed by atoms with Gasteiger partial charge in [0.25, 0.3) is 5.91 Å². The number of nitrogens with zero attached hydrogens (tertiary/aromatic N) is 1. The van der Waals surface area contributed by atoms with Gasteiger partial charge in [-0.05, 0) is 42.7 Å². The van der Waals surface area contributed by atoms with E-state index in [1.807, 2.05) is 0 Å². The SMILES string of the molecule is CC(C)[C@@H](NC(=O)c1ccccc1F)C(=O)Nc1ccc(N2CCCC2=O)c(Cl)c1. The summed E-state index contributed by atoms with van der Waals surface area (Å²) in [5, 5.41) is 5.67. The summed E-state index contributed by atoms with van der Waals surface area (Å²) in [6.45, 7) is 4.17. The molecule has 1 fully saturated rings. The second-order valence-electron chi connectivity index (χ2n) is 7.48. The van der Waals surface area contributed by atoms with E-state index in [4.69, 9.17) is 11.6 Å². The van der Waals surface area contributed by atoms with Gasteiger partial charge in [0.1, 0.15) is 11.9 Å². The number of benzene rings is 2. The van der Waals surface area contributed by atoms with E-state index in [-0.39, 0.29) is 17.4 Å². The highest BCUT2D eigenvalue weighted by Gasteiger charge is 2.27. The van der Waals surface area contributed by atoms with Gasteiger partial charge in [-0.3, -0.25) is 14.4 Å². The number of halogens is 2. The van der Waals surface area contributed by atoms with Gasteiger partial charge >= 0.3 is 0 Å². The fourth-order valence-corrected chi connectivity index (χ4v) is 3.61. The second-order valence-corrected chi connectivity index (χ2v) is 7.89. The topological polar surface area (TPSA) is 78.5 Å². The third-order valence-corrected chi connectivity index (χ3v) is 5.24.